The first-order valence-corrected chi connectivity index (χ1v) is 12.9. The Labute approximate surface area is 232 Å². The molecule has 0 fully saturated rings. The van der Waals surface area contributed by atoms with Gasteiger partial charge in [-0.3, -0.25) is 4.79 Å². The minimum Gasteiger partial charge on any atom is -0.497 e. The molecule has 5 heteroatoms. The highest BCUT2D eigenvalue weighted by Gasteiger charge is 2.48. The van der Waals surface area contributed by atoms with E-state index in [0.717, 1.165) is 22.3 Å². The van der Waals surface area contributed by atoms with Gasteiger partial charge in [-0.15, -0.1) is 0 Å². The number of esters is 1. The van der Waals surface area contributed by atoms with Crippen LogP contribution in [-0.4, -0.2) is 18.9 Å². The van der Waals surface area contributed by atoms with E-state index in [1.807, 2.05) is 97.9 Å². The van der Waals surface area contributed by atoms with Gasteiger partial charge >= 0.3 is 5.97 Å². The Bertz CT molecular complexity index is 1690. The van der Waals surface area contributed by atoms with E-state index in [1.165, 1.54) is 0 Å². The monoisotopic (exact) mass is 526 g/mol. The van der Waals surface area contributed by atoms with Crippen LogP contribution in [0, 0.1) is 6.92 Å². The fourth-order valence-corrected chi connectivity index (χ4v) is 5.08. The normalized spacial score (nSPS) is 15.7. The van der Waals surface area contributed by atoms with E-state index in [2.05, 4.69) is 0 Å². The summed E-state index contributed by atoms with van der Waals surface area (Å²) in [6.07, 6.45) is 0. The number of carbonyl (C=O) groups excluding carboxylic acids is 2. The molecule has 0 aliphatic carbocycles. The van der Waals surface area contributed by atoms with Crippen molar-refractivity contribution in [3.63, 3.8) is 0 Å². The van der Waals surface area contributed by atoms with E-state index in [1.54, 1.807) is 37.4 Å². The van der Waals surface area contributed by atoms with Crippen LogP contribution in [0.25, 0.3) is 0 Å². The summed E-state index contributed by atoms with van der Waals surface area (Å²) in [6, 6.07) is 37.1. The van der Waals surface area contributed by atoms with Gasteiger partial charge in [0.05, 0.1) is 12.7 Å². The fourth-order valence-electron chi connectivity index (χ4n) is 5.08. The maximum atomic E-state index is 12.9. The third-order valence-electron chi connectivity index (χ3n) is 7.20. The van der Waals surface area contributed by atoms with Crippen LogP contribution in [0.3, 0.4) is 0 Å². The van der Waals surface area contributed by atoms with Crippen LogP contribution in [0.15, 0.2) is 121 Å². The number of ether oxygens (including phenoxy) is 3. The zero-order valence-corrected chi connectivity index (χ0v) is 22.1. The zero-order chi connectivity index (χ0) is 27.7. The Hall–Kier alpha value is -5.16. The van der Waals surface area contributed by atoms with E-state index in [9.17, 15) is 9.59 Å². The Morgan fingerprint density at radius 3 is 1.73 bits per heavy atom. The first-order valence-electron chi connectivity index (χ1n) is 12.9. The highest BCUT2D eigenvalue weighted by Crippen LogP contribution is 2.47. The molecule has 196 valence electrons. The summed E-state index contributed by atoms with van der Waals surface area (Å²) in [7, 11) is 1.61. The molecule has 1 heterocycles. The Balaban J connectivity index is 1.28. The fraction of sp³-hybridized carbons (Fsp3) is 0.0857. The summed E-state index contributed by atoms with van der Waals surface area (Å²) in [5.41, 5.74) is 4.18. The second kappa shape index (κ2) is 10.2. The van der Waals surface area contributed by atoms with Gasteiger partial charge in [0.15, 0.2) is 11.4 Å². The van der Waals surface area contributed by atoms with Gasteiger partial charge in [0.2, 0.25) is 0 Å². The lowest BCUT2D eigenvalue weighted by atomic mass is 9.80. The standard InChI is InChI=1S/C35H26O5/c1-23-7-9-24(10-8-23)33(36)25-11-17-29(18-12-25)39-30-21-15-27(16-22-30)35(26-13-19-28(38-2)20-14-26)32-6-4-3-5-31(32)34(37)40-35/h3-22H,1-2H3. The summed E-state index contributed by atoms with van der Waals surface area (Å²) in [4.78, 5) is 25.7. The largest absolute Gasteiger partial charge is 0.497 e. The van der Waals surface area contributed by atoms with Crippen molar-refractivity contribution < 1.29 is 23.8 Å². The molecule has 40 heavy (non-hydrogen) atoms. The predicted molar refractivity (Wildman–Crippen MR) is 152 cm³/mol. The van der Waals surface area contributed by atoms with Gasteiger partial charge < -0.3 is 14.2 Å². The smallest absolute Gasteiger partial charge is 0.340 e. The number of carbonyl (C=O) groups is 2. The topological polar surface area (TPSA) is 61.8 Å². The molecule has 5 aromatic rings. The minimum atomic E-state index is -1.10. The number of rotatable bonds is 7. The average molecular weight is 527 g/mol. The summed E-state index contributed by atoms with van der Waals surface area (Å²) in [5.74, 6) is 1.53. The highest BCUT2D eigenvalue weighted by molar-refractivity contribution is 6.09. The van der Waals surface area contributed by atoms with Crippen molar-refractivity contribution in [2.24, 2.45) is 0 Å². The number of cyclic esters (lactones) is 1. The quantitative estimate of drug-likeness (QED) is 0.162. The van der Waals surface area contributed by atoms with Crippen molar-refractivity contribution in [3.8, 4) is 17.2 Å². The number of methoxy groups -OCH3 is 1. The van der Waals surface area contributed by atoms with Crippen molar-refractivity contribution in [2.45, 2.75) is 12.5 Å². The molecule has 0 radical (unpaired) electrons. The maximum absolute atomic E-state index is 12.9. The van der Waals surface area contributed by atoms with Crippen molar-refractivity contribution in [1.29, 1.82) is 0 Å². The van der Waals surface area contributed by atoms with Crippen LogP contribution in [0.4, 0.5) is 0 Å². The van der Waals surface area contributed by atoms with Gasteiger partial charge in [0, 0.05) is 27.8 Å². The molecule has 6 rings (SSSR count). The lowest BCUT2D eigenvalue weighted by molar-refractivity contribution is 0.0251. The number of ketones is 1. The summed E-state index contributed by atoms with van der Waals surface area (Å²) < 4.78 is 17.6. The molecule has 5 aromatic carbocycles. The van der Waals surface area contributed by atoms with Crippen LogP contribution >= 0.6 is 0 Å². The van der Waals surface area contributed by atoms with E-state index >= 15 is 0 Å². The number of benzene rings is 5. The summed E-state index contributed by atoms with van der Waals surface area (Å²) in [6.45, 7) is 1.99. The molecule has 0 bridgehead atoms. The molecule has 0 N–H and O–H groups in total. The second-order valence-corrected chi connectivity index (χ2v) is 9.69. The number of hydrogen-bond donors (Lipinski definition) is 0. The van der Waals surface area contributed by atoms with Crippen LogP contribution < -0.4 is 9.47 Å². The van der Waals surface area contributed by atoms with Crippen LogP contribution in [0.2, 0.25) is 0 Å². The van der Waals surface area contributed by atoms with Gasteiger partial charge in [-0.05, 0) is 61.5 Å². The molecular formula is C35H26O5. The number of aryl methyl sites for hydroxylation is 1. The maximum Gasteiger partial charge on any atom is 0.340 e. The predicted octanol–water partition coefficient (Wildman–Crippen LogP) is 7.49. The van der Waals surface area contributed by atoms with E-state index in [0.29, 0.717) is 33.9 Å². The van der Waals surface area contributed by atoms with E-state index < -0.39 is 5.60 Å². The molecule has 0 aromatic heterocycles. The van der Waals surface area contributed by atoms with Crippen LogP contribution in [0.1, 0.15) is 48.5 Å². The lowest BCUT2D eigenvalue weighted by Gasteiger charge is -2.30. The van der Waals surface area contributed by atoms with Crippen LogP contribution in [-0.2, 0) is 10.3 Å². The van der Waals surface area contributed by atoms with E-state index in [-0.39, 0.29) is 11.8 Å². The van der Waals surface area contributed by atoms with E-state index in [4.69, 9.17) is 14.2 Å². The molecule has 0 saturated heterocycles. The molecule has 0 amide bonds. The molecule has 5 nitrogen and oxygen atoms in total. The summed E-state index contributed by atoms with van der Waals surface area (Å²) in [5, 5.41) is 0. The molecule has 0 spiro atoms. The molecule has 1 atom stereocenters. The van der Waals surface area contributed by atoms with Crippen molar-refractivity contribution in [1.82, 2.24) is 0 Å². The molecule has 1 unspecified atom stereocenters. The first kappa shape index (κ1) is 25.1. The van der Waals surface area contributed by atoms with Crippen molar-refractivity contribution in [2.75, 3.05) is 7.11 Å². The zero-order valence-electron chi connectivity index (χ0n) is 22.1. The first-order chi connectivity index (χ1) is 19.5. The average Bonchev–Trinajstić information content (AvgIpc) is 3.31. The number of hydrogen-bond acceptors (Lipinski definition) is 5. The Morgan fingerprint density at radius 1 is 0.650 bits per heavy atom. The van der Waals surface area contributed by atoms with Gasteiger partial charge in [-0.2, -0.15) is 0 Å². The second-order valence-electron chi connectivity index (χ2n) is 9.69. The molecule has 1 aliphatic heterocycles. The van der Waals surface area contributed by atoms with Gasteiger partial charge in [0.1, 0.15) is 17.2 Å². The molecular weight excluding hydrogens is 500 g/mol. The Morgan fingerprint density at radius 2 is 1.15 bits per heavy atom. The summed E-state index contributed by atoms with van der Waals surface area (Å²) >= 11 is 0. The highest BCUT2D eigenvalue weighted by atomic mass is 16.6. The molecule has 0 saturated carbocycles. The van der Waals surface area contributed by atoms with Gasteiger partial charge in [0.25, 0.3) is 0 Å². The third kappa shape index (κ3) is 4.41. The SMILES string of the molecule is COc1ccc(C2(c3ccc(Oc4ccc(C(=O)c5ccc(C)cc5)cc4)cc3)OC(=O)c3ccccc32)cc1. The lowest BCUT2D eigenvalue weighted by Crippen LogP contribution is -2.29. The third-order valence-corrected chi connectivity index (χ3v) is 7.20. The van der Waals surface area contributed by atoms with Crippen molar-refractivity contribution in [3.05, 3.63) is 160 Å². The number of fused-ring (bicyclic) bond motifs is 1. The molecule has 1 aliphatic rings. The van der Waals surface area contributed by atoms with Gasteiger partial charge in [-0.1, -0.05) is 72.3 Å². The van der Waals surface area contributed by atoms with Crippen LogP contribution in [0.5, 0.6) is 17.2 Å². The van der Waals surface area contributed by atoms with Crippen molar-refractivity contribution >= 4 is 11.8 Å². The Kier molecular flexibility index (Phi) is 6.40. The minimum absolute atomic E-state index is 0.0360. The van der Waals surface area contributed by atoms with Gasteiger partial charge in [-0.25, -0.2) is 4.79 Å².